The van der Waals surface area contributed by atoms with Crippen LogP contribution in [0, 0.1) is 0 Å². The van der Waals surface area contributed by atoms with E-state index in [-0.39, 0.29) is 0 Å². The minimum atomic E-state index is -0.463. The van der Waals surface area contributed by atoms with Crippen molar-refractivity contribution < 1.29 is 19.0 Å². The number of hydrogen-bond donors (Lipinski definition) is 1. The first-order chi connectivity index (χ1) is 10.5. The fourth-order valence-electron chi connectivity index (χ4n) is 1.85. The van der Waals surface area contributed by atoms with Crippen LogP contribution in [0.4, 0.5) is 4.79 Å². The van der Waals surface area contributed by atoms with Gasteiger partial charge in [-0.15, -0.1) is 0 Å². The lowest BCUT2D eigenvalue weighted by Crippen LogP contribution is -2.34. The van der Waals surface area contributed by atoms with E-state index in [4.69, 9.17) is 14.2 Å². The van der Waals surface area contributed by atoms with Crippen LogP contribution in [0.3, 0.4) is 0 Å². The molecule has 0 aliphatic heterocycles. The first-order valence-electron chi connectivity index (χ1n) is 8.58. The van der Waals surface area contributed by atoms with E-state index in [1.807, 2.05) is 20.8 Å². The molecule has 0 atom stereocenters. The third-order valence-electron chi connectivity index (χ3n) is 2.93. The molecule has 0 bridgehead atoms. The normalized spacial score (nSPS) is 11.5. The highest BCUT2D eigenvalue weighted by Crippen LogP contribution is 2.06. The molecule has 0 saturated heterocycles. The Morgan fingerprint density at radius 1 is 0.864 bits per heavy atom. The molecule has 5 nitrogen and oxygen atoms in total. The van der Waals surface area contributed by atoms with E-state index >= 15 is 0 Å². The molecule has 0 aliphatic carbocycles. The quantitative estimate of drug-likeness (QED) is 0.523. The van der Waals surface area contributed by atoms with Gasteiger partial charge in [0.15, 0.2) is 0 Å². The Kier molecular flexibility index (Phi) is 13.3. The average Bonchev–Trinajstić information content (AvgIpc) is 2.42. The van der Waals surface area contributed by atoms with Gasteiger partial charge in [-0.05, 0) is 27.2 Å². The summed E-state index contributed by atoms with van der Waals surface area (Å²) in [7, 11) is 0. The summed E-state index contributed by atoms with van der Waals surface area (Å²) in [6, 6.07) is 0. The molecule has 1 N–H and O–H groups in total. The Balaban J connectivity index is 3.16. The van der Waals surface area contributed by atoms with Crippen molar-refractivity contribution in [2.24, 2.45) is 0 Å². The van der Waals surface area contributed by atoms with Crippen molar-refractivity contribution in [2.75, 3.05) is 33.0 Å². The van der Waals surface area contributed by atoms with Crippen molar-refractivity contribution in [3.63, 3.8) is 0 Å². The predicted octanol–water partition coefficient (Wildman–Crippen LogP) is 3.90. The van der Waals surface area contributed by atoms with Gasteiger partial charge in [-0.1, -0.05) is 39.0 Å². The van der Waals surface area contributed by atoms with Crippen LogP contribution in [0.1, 0.15) is 66.2 Å². The molecule has 0 spiro atoms. The number of alkyl carbamates (subject to hydrolysis) is 1. The van der Waals surface area contributed by atoms with E-state index in [0.717, 1.165) is 13.0 Å². The van der Waals surface area contributed by atoms with Crippen LogP contribution in [0.2, 0.25) is 0 Å². The maximum Gasteiger partial charge on any atom is 0.407 e. The Morgan fingerprint density at radius 2 is 1.45 bits per heavy atom. The number of ether oxygens (including phenoxy) is 3. The van der Waals surface area contributed by atoms with E-state index in [2.05, 4.69) is 12.2 Å². The number of carbonyl (C=O) groups is 1. The number of hydrogen-bond acceptors (Lipinski definition) is 4. The third kappa shape index (κ3) is 17.2. The summed E-state index contributed by atoms with van der Waals surface area (Å²) in [5.74, 6) is 0. The summed E-state index contributed by atoms with van der Waals surface area (Å²) in [4.78, 5) is 11.3. The van der Waals surface area contributed by atoms with Crippen LogP contribution < -0.4 is 5.32 Å². The summed E-state index contributed by atoms with van der Waals surface area (Å²) in [5.41, 5.74) is -0.463. The van der Waals surface area contributed by atoms with Crippen LogP contribution in [0.15, 0.2) is 0 Å². The van der Waals surface area contributed by atoms with Crippen LogP contribution in [0.25, 0.3) is 0 Å². The van der Waals surface area contributed by atoms with Crippen molar-refractivity contribution in [1.82, 2.24) is 5.32 Å². The molecule has 0 saturated carbocycles. The zero-order valence-corrected chi connectivity index (χ0v) is 14.9. The number of amides is 1. The van der Waals surface area contributed by atoms with Crippen molar-refractivity contribution in [3.05, 3.63) is 0 Å². The van der Waals surface area contributed by atoms with Gasteiger partial charge >= 0.3 is 6.09 Å². The molecule has 0 heterocycles. The molecule has 0 rings (SSSR count). The van der Waals surface area contributed by atoms with Crippen molar-refractivity contribution >= 4 is 6.09 Å². The van der Waals surface area contributed by atoms with Gasteiger partial charge in [0.2, 0.25) is 0 Å². The maximum absolute atomic E-state index is 11.3. The Hall–Kier alpha value is -0.810. The van der Waals surface area contributed by atoms with Gasteiger partial charge in [-0.25, -0.2) is 4.79 Å². The van der Waals surface area contributed by atoms with Gasteiger partial charge in [0.1, 0.15) is 5.60 Å². The largest absolute Gasteiger partial charge is 0.444 e. The van der Waals surface area contributed by atoms with Crippen LogP contribution in [0.5, 0.6) is 0 Å². The van der Waals surface area contributed by atoms with Gasteiger partial charge < -0.3 is 19.5 Å². The molecular formula is C17H35NO4. The van der Waals surface area contributed by atoms with Crippen LogP contribution in [-0.4, -0.2) is 44.7 Å². The number of nitrogens with one attached hydrogen (secondary N) is 1. The molecule has 0 aromatic rings. The highest BCUT2D eigenvalue weighted by atomic mass is 16.6. The van der Waals surface area contributed by atoms with Crippen molar-refractivity contribution in [1.29, 1.82) is 0 Å². The lowest BCUT2D eigenvalue weighted by molar-refractivity contribution is 0.0390. The minimum absolute atomic E-state index is 0.407. The van der Waals surface area contributed by atoms with Gasteiger partial charge in [0.05, 0.1) is 19.8 Å². The summed E-state index contributed by atoms with van der Waals surface area (Å²) >= 11 is 0. The highest BCUT2D eigenvalue weighted by molar-refractivity contribution is 5.67. The molecule has 0 radical (unpaired) electrons. The van der Waals surface area contributed by atoms with Gasteiger partial charge in [-0.2, -0.15) is 0 Å². The first kappa shape index (κ1) is 21.2. The molecule has 22 heavy (non-hydrogen) atoms. The summed E-state index contributed by atoms with van der Waals surface area (Å²) in [6.07, 6.45) is 7.25. The summed E-state index contributed by atoms with van der Waals surface area (Å²) in [5, 5.41) is 2.65. The van der Waals surface area contributed by atoms with Gasteiger partial charge in [-0.3, -0.25) is 0 Å². The summed E-state index contributed by atoms with van der Waals surface area (Å²) < 4.78 is 16.0. The molecule has 1 amide bonds. The molecule has 0 aromatic carbocycles. The second kappa shape index (κ2) is 13.8. The Labute approximate surface area is 136 Å². The zero-order chi connectivity index (χ0) is 16.7. The molecular weight excluding hydrogens is 282 g/mol. The molecule has 5 heteroatoms. The second-order valence-electron chi connectivity index (χ2n) is 6.42. The van der Waals surface area contributed by atoms with Gasteiger partial charge in [0, 0.05) is 13.2 Å². The van der Waals surface area contributed by atoms with E-state index in [9.17, 15) is 4.79 Å². The third-order valence-corrected chi connectivity index (χ3v) is 2.93. The second-order valence-corrected chi connectivity index (χ2v) is 6.42. The fourth-order valence-corrected chi connectivity index (χ4v) is 1.85. The maximum atomic E-state index is 11.3. The Bertz CT molecular complexity index is 264. The fraction of sp³-hybridized carbons (Fsp3) is 0.941. The predicted molar refractivity (Wildman–Crippen MR) is 89.3 cm³/mol. The molecule has 0 unspecified atom stereocenters. The summed E-state index contributed by atoms with van der Waals surface area (Å²) in [6.45, 7) is 10.6. The molecule has 0 aromatic heterocycles. The van der Waals surface area contributed by atoms with Crippen LogP contribution in [-0.2, 0) is 14.2 Å². The van der Waals surface area contributed by atoms with E-state index in [0.29, 0.717) is 26.4 Å². The molecule has 132 valence electrons. The van der Waals surface area contributed by atoms with Gasteiger partial charge in [0.25, 0.3) is 0 Å². The number of unbranched alkanes of at least 4 members (excludes halogenated alkanes) is 5. The van der Waals surface area contributed by atoms with E-state index in [1.165, 1.54) is 32.1 Å². The highest BCUT2D eigenvalue weighted by Gasteiger charge is 2.15. The average molecular weight is 317 g/mol. The topological polar surface area (TPSA) is 56.8 Å². The monoisotopic (exact) mass is 317 g/mol. The lowest BCUT2D eigenvalue weighted by Gasteiger charge is -2.19. The lowest BCUT2D eigenvalue weighted by atomic mass is 10.1. The molecule has 0 fully saturated rings. The zero-order valence-electron chi connectivity index (χ0n) is 14.9. The van der Waals surface area contributed by atoms with E-state index < -0.39 is 11.7 Å². The minimum Gasteiger partial charge on any atom is -0.444 e. The number of carbonyl (C=O) groups excluding carboxylic acids is 1. The van der Waals surface area contributed by atoms with E-state index in [1.54, 1.807) is 0 Å². The SMILES string of the molecule is CCCCCCCCOCCOCCNC(=O)OC(C)(C)C. The number of rotatable bonds is 13. The van der Waals surface area contributed by atoms with Crippen molar-refractivity contribution in [3.8, 4) is 0 Å². The van der Waals surface area contributed by atoms with Crippen LogP contribution >= 0.6 is 0 Å². The standard InChI is InChI=1S/C17H35NO4/c1-5-6-7-8-9-10-12-20-14-15-21-13-11-18-16(19)22-17(2,3)4/h5-15H2,1-4H3,(H,18,19). The smallest absolute Gasteiger partial charge is 0.407 e. The van der Waals surface area contributed by atoms with Crippen molar-refractivity contribution in [2.45, 2.75) is 71.8 Å². The Morgan fingerprint density at radius 3 is 2.09 bits per heavy atom. The first-order valence-corrected chi connectivity index (χ1v) is 8.58. The molecule has 0 aliphatic rings.